The summed E-state index contributed by atoms with van der Waals surface area (Å²) < 4.78 is 0. The van der Waals surface area contributed by atoms with Crippen LogP contribution in [0.15, 0.2) is 42.6 Å². The van der Waals surface area contributed by atoms with E-state index in [4.69, 9.17) is 11.6 Å². The topological polar surface area (TPSA) is 62.3 Å². The highest BCUT2D eigenvalue weighted by Gasteiger charge is 2.45. The number of piperidine rings is 1. The lowest BCUT2D eigenvalue weighted by atomic mass is 9.77. The Morgan fingerprint density at radius 3 is 2.50 bits per heavy atom. The Morgan fingerprint density at radius 1 is 1.13 bits per heavy atom. The van der Waals surface area contributed by atoms with Gasteiger partial charge in [-0.1, -0.05) is 42.6 Å². The van der Waals surface area contributed by atoms with Crippen molar-refractivity contribution in [2.75, 3.05) is 18.4 Å². The van der Waals surface area contributed by atoms with Crippen LogP contribution in [0.3, 0.4) is 0 Å². The maximum Gasteiger partial charge on any atom is 0.233 e. The molecule has 1 N–H and O–H groups in total. The zero-order valence-corrected chi connectivity index (χ0v) is 18.1. The number of carbonyl (C=O) groups is 2. The van der Waals surface area contributed by atoms with Gasteiger partial charge in [-0.25, -0.2) is 4.98 Å². The third kappa shape index (κ3) is 4.22. The first-order valence-corrected chi connectivity index (χ1v) is 11.1. The molecule has 2 aliphatic rings. The minimum absolute atomic E-state index is 0.0103. The number of rotatable bonds is 4. The Bertz CT molecular complexity index is 914. The molecule has 1 aliphatic heterocycles. The molecule has 0 bridgehead atoms. The molecule has 2 fully saturated rings. The predicted molar refractivity (Wildman–Crippen MR) is 119 cm³/mol. The van der Waals surface area contributed by atoms with Crippen molar-refractivity contribution in [3.8, 4) is 0 Å². The maximum atomic E-state index is 13.6. The van der Waals surface area contributed by atoms with E-state index in [0.29, 0.717) is 36.8 Å². The van der Waals surface area contributed by atoms with E-state index in [0.717, 1.165) is 36.8 Å². The molecule has 1 aromatic carbocycles. The molecule has 1 aromatic heterocycles. The average Bonchev–Trinajstić information content (AvgIpc) is 3.26. The van der Waals surface area contributed by atoms with Gasteiger partial charge in [-0.2, -0.15) is 0 Å². The molecule has 30 heavy (non-hydrogen) atoms. The molecule has 0 atom stereocenters. The van der Waals surface area contributed by atoms with E-state index < -0.39 is 5.41 Å². The van der Waals surface area contributed by atoms with Crippen LogP contribution in [-0.2, 0) is 15.0 Å². The van der Waals surface area contributed by atoms with Crippen LogP contribution in [0.4, 0.5) is 5.82 Å². The van der Waals surface area contributed by atoms with Crippen LogP contribution in [0, 0.1) is 12.8 Å². The largest absolute Gasteiger partial charge is 0.342 e. The fourth-order valence-corrected chi connectivity index (χ4v) is 5.00. The van der Waals surface area contributed by atoms with Crippen molar-refractivity contribution < 1.29 is 9.59 Å². The monoisotopic (exact) mass is 425 g/mol. The quantitative estimate of drug-likeness (QED) is 0.770. The second kappa shape index (κ2) is 8.76. The number of halogens is 1. The number of benzene rings is 1. The lowest BCUT2D eigenvalue weighted by Crippen LogP contribution is -2.49. The summed E-state index contributed by atoms with van der Waals surface area (Å²) in [6.07, 6.45) is 6.94. The second-order valence-electron chi connectivity index (χ2n) is 8.58. The fourth-order valence-electron chi connectivity index (χ4n) is 4.81. The number of nitrogens with zero attached hydrogens (tertiary/aromatic N) is 2. The lowest BCUT2D eigenvalue weighted by Gasteiger charge is -2.38. The van der Waals surface area contributed by atoms with Gasteiger partial charge in [0.1, 0.15) is 5.82 Å². The van der Waals surface area contributed by atoms with E-state index in [1.54, 1.807) is 6.20 Å². The molecule has 0 radical (unpaired) electrons. The minimum atomic E-state index is -0.466. The van der Waals surface area contributed by atoms with Crippen LogP contribution in [0.5, 0.6) is 0 Å². The second-order valence-corrected chi connectivity index (χ2v) is 9.01. The number of hydrogen-bond acceptors (Lipinski definition) is 3. The van der Waals surface area contributed by atoms with Gasteiger partial charge >= 0.3 is 0 Å². The Labute approximate surface area is 182 Å². The van der Waals surface area contributed by atoms with Crippen molar-refractivity contribution in [1.82, 2.24) is 9.88 Å². The van der Waals surface area contributed by atoms with Crippen LogP contribution in [0.1, 0.15) is 49.7 Å². The van der Waals surface area contributed by atoms with Gasteiger partial charge in [0.05, 0.1) is 5.41 Å². The summed E-state index contributed by atoms with van der Waals surface area (Å²) in [5, 5.41) is 3.58. The van der Waals surface area contributed by atoms with E-state index in [1.807, 2.05) is 48.2 Å². The van der Waals surface area contributed by atoms with Gasteiger partial charge in [0.2, 0.25) is 11.8 Å². The van der Waals surface area contributed by atoms with Crippen LogP contribution in [0.2, 0.25) is 5.02 Å². The molecular formula is C24H28ClN3O2. The molecule has 2 aromatic rings. The number of hydrogen-bond donors (Lipinski definition) is 1. The Balaban J connectivity index is 1.41. The standard InChI is InChI=1S/C24H28ClN3O2/c1-17-7-8-21(26-16-17)27-22(29)18-9-13-28(14-10-18)23(30)24(11-2-3-12-24)19-5-4-6-20(25)15-19/h4-8,15-16,18H,2-3,9-14H2,1H3,(H,26,27,29). The van der Waals surface area contributed by atoms with E-state index in [2.05, 4.69) is 10.3 Å². The Hall–Kier alpha value is -2.40. The summed E-state index contributed by atoms with van der Waals surface area (Å²) in [7, 11) is 0. The average molecular weight is 426 g/mol. The molecule has 2 heterocycles. The Kier molecular flexibility index (Phi) is 6.09. The number of pyridine rings is 1. The first-order valence-electron chi connectivity index (χ1n) is 10.8. The fraction of sp³-hybridized carbons (Fsp3) is 0.458. The Morgan fingerprint density at radius 2 is 1.87 bits per heavy atom. The van der Waals surface area contributed by atoms with E-state index >= 15 is 0 Å². The van der Waals surface area contributed by atoms with Crippen LogP contribution in [-0.4, -0.2) is 34.8 Å². The first-order chi connectivity index (χ1) is 14.5. The van der Waals surface area contributed by atoms with Gasteiger partial charge in [0, 0.05) is 30.2 Å². The summed E-state index contributed by atoms with van der Waals surface area (Å²) in [5.74, 6) is 0.669. The maximum absolute atomic E-state index is 13.6. The van der Waals surface area contributed by atoms with Crippen molar-refractivity contribution in [2.45, 2.75) is 50.9 Å². The summed E-state index contributed by atoms with van der Waals surface area (Å²) in [6, 6.07) is 11.5. The van der Waals surface area contributed by atoms with Crippen LogP contribution < -0.4 is 5.32 Å². The number of aromatic nitrogens is 1. The number of aryl methyl sites for hydroxylation is 1. The molecule has 1 aliphatic carbocycles. The van der Waals surface area contributed by atoms with Gasteiger partial charge in [-0.3, -0.25) is 9.59 Å². The number of nitrogens with one attached hydrogen (secondary N) is 1. The number of amides is 2. The van der Waals surface area contributed by atoms with Gasteiger partial charge in [0.15, 0.2) is 0 Å². The molecule has 6 heteroatoms. The smallest absolute Gasteiger partial charge is 0.233 e. The van der Waals surface area contributed by atoms with Crippen LogP contribution in [0.25, 0.3) is 0 Å². The number of carbonyl (C=O) groups excluding carboxylic acids is 2. The molecule has 2 amide bonds. The van der Waals surface area contributed by atoms with Crippen molar-refractivity contribution in [3.05, 3.63) is 58.7 Å². The van der Waals surface area contributed by atoms with Crippen LogP contribution >= 0.6 is 11.6 Å². The summed E-state index contributed by atoms with van der Waals surface area (Å²) >= 11 is 6.23. The third-order valence-corrected chi connectivity index (χ3v) is 6.79. The van der Waals surface area contributed by atoms with E-state index in [9.17, 15) is 9.59 Å². The highest BCUT2D eigenvalue weighted by atomic mass is 35.5. The van der Waals surface area contributed by atoms with Crippen molar-refractivity contribution in [3.63, 3.8) is 0 Å². The molecule has 0 unspecified atom stereocenters. The van der Waals surface area contributed by atoms with Gasteiger partial charge in [-0.15, -0.1) is 0 Å². The first kappa shape index (κ1) is 20.9. The summed E-state index contributed by atoms with van der Waals surface area (Å²) in [4.78, 5) is 32.5. The van der Waals surface area contributed by atoms with Crippen molar-refractivity contribution in [1.29, 1.82) is 0 Å². The van der Waals surface area contributed by atoms with Gasteiger partial charge in [0.25, 0.3) is 0 Å². The minimum Gasteiger partial charge on any atom is -0.342 e. The summed E-state index contributed by atoms with van der Waals surface area (Å²) in [5.41, 5.74) is 1.62. The zero-order chi connectivity index (χ0) is 21.1. The molecule has 158 valence electrons. The highest BCUT2D eigenvalue weighted by Crippen LogP contribution is 2.43. The van der Waals surface area contributed by atoms with Crippen molar-refractivity contribution >= 4 is 29.2 Å². The van der Waals surface area contributed by atoms with Crippen molar-refractivity contribution in [2.24, 2.45) is 5.92 Å². The number of likely N-dealkylation sites (tertiary alicyclic amines) is 1. The van der Waals surface area contributed by atoms with E-state index in [1.165, 1.54) is 0 Å². The summed E-state index contributed by atoms with van der Waals surface area (Å²) in [6.45, 7) is 3.19. The number of anilines is 1. The lowest BCUT2D eigenvalue weighted by molar-refractivity contribution is -0.140. The van der Waals surface area contributed by atoms with Gasteiger partial charge in [-0.05, 0) is 61.9 Å². The molecule has 4 rings (SSSR count). The highest BCUT2D eigenvalue weighted by molar-refractivity contribution is 6.30. The normalized spacial score (nSPS) is 18.9. The molecule has 1 saturated carbocycles. The molecular weight excluding hydrogens is 398 g/mol. The molecule has 1 saturated heterocycles. The van der Waals surface area contributed by atoms with Gasteiger partial charge < -0.3 is 10.2 Å². The SMILES string of the molecule is Cc1ccc(NC(=O)C2CCN(C(=O)C3(c4cccc(Cl)c4)CCCC3)CC2)nc1. The zero-order valence-electron chi connectivity index (χ0n) is 17.4. The molecule has 5 nitrogen and oxygen atoms in total. The predicted octanol–water partition coefficient (Wildman–Crippen LogP) is 4.73. The van der Waals surface area contributed by atoms with E-state index in [-0.39, 0.29) is 17.7 Å². The molecule has 0 spiro atoms. The third-order valence-electron chi connectivity index (χ3n) is 6.56.